The Kier molecular flexibility index (Phi) is 5.86. The van der Waals surface area contributed by atoms with Crippen molar-refractivity contribution in [3.05, 3.63) is 29.3 Å². The first kappa shape index (κ1) is 15.0. The topological polar surface area (TPSA) is 29.1 Å². The average molecular weight is 300 g/mol. The molecule has 0 amide bonds. The van der Waals surface area contributed by atoms with E-state index < -0.39 is 10.8 Å². The smallest absolute Gasteiger partial charge is 0.0576 e. The fourth-order valence-electron chi connectivity index (χ4n) is 2.77. The molecule has 1 saturated carbocycles. The molecule has 0 aromatic heterocycles. The molecule has 0 radical (unpaired) electrons. The van der Waals surface area contributed by atoms with Gasteiger partial charge in [0.2, 0.25) is 0 Å². The van der Waals surface area contributed by atoms with Crippen molar-refractivity contribution in [2.45, 2.75) is 55.2 Å². The largest absolute Gasteiger partial charge is 0.313 e. The van der Waals surface area contributed by atoms with Gasteiger partial charge in [0.15, 0.2) is 0 Å². The Balaban J connectivity index is 2.15. The van der Waals surface area contributed by atoms with Crippen molar-refractivity contribution in [1.82, 2.24) is 5.32 Å². The van der Waals surface area contributed by atoms with Gasteiger partial charge in [-0.1, -0.05) is 37.8 Å². The Morgan fingerprint density at radius 2 is 1.89 bits per heavy atom. The molecule has 2 rings (SSSR count). The average Bonchev–Trinajstić information content (AvgIpc) is 2.65. The first-order chi connectivity index (χ1) is 9.22. The second kappa shape index (κ2) is 7.41. The Labute approximate surface area is 123 Å². The lowest BCUT2D eigenvalue weighted by Gasteiger charge is -2.25. The second-order valence-electron chi connectivity index (χ2n) is 5.09. The molecule has 3 atom stereocenters. The van der Waals surface area contributed by atoms with Crippen LogP contribution in [0.3, 0.4) is 0 Å². The molecule has 1 aliphatic carbocycles. The maximum Gasteiger partial charge on any atom is 0.0576 e. The van der Waals surface area contributed by atoms with Crippen LogP contribution in [0, 0.1) is 0 Å². The van der Waals surface area contributed by atoms with E-state index in [9.17, 15) is 4.21 Å². The van der Waals surface area contributed by atoms with E-state index in [1.54, 1.807) is 0 Å². The molecule has 4 heteroatoms. The van der Waals surface area contributed by atoms with Gasteiger partial charge in [-0.3, -0.25) is 4.21 Å². The molecule has 1 aromatic rings. The molecule has 0 spiro atoms. The van der Waals surface area contributed by atoms with E-state index in [1.165, 1.54) is 19.3 Å². The van der Waals surface area contributed by atoms with E-state index in [4.69, 9.17) is 11.6 Å². The van der Waals surface area contributed by atoms with Crippen LogP contribution in [0.1, 0.15) is 39.0 Å². The molecule has 106 valence electrons. The lowest BCUT2D eigenvalue weighted by atomic mass is 10.1. The predicted molar refractivity (Wildman–Crippen MR) is 82.2 cm³/mol. The molecular weight excluding hydrogens is 278 g/mol. The summed E-state index contributed by atoms with van der Waals surface area (Å²) < 4.78 is 12.8. The summed E-state index contributed by atoms with van der Waals surface area (Å²) in [5.74, 6) is 0. The summed E-state index contributed by atoms with van der Waals surface area (Å²) in [6.45, 7) is 3.06. The first-order valence-electron chi connectivity index (χ1n) is 7.12. The van der Waals surface area contributed by atoms with Crippen molar-refractivity contribution >= 4 is 22.4 Å². The van der Waals surface area contributed by atoms with Gasteiger partial charge < -0.3 is 5.32 Å². The Bertz CT molecular complexity index is 421. The first-order valence-corrected chi connectivity index (χ1v) is 8.71. The van der Waals surface area contributed by atoms with Gasteiger partial charge >= 0.3 is 0 Å². The highest BCUT2D eigenvalue weighted by molar-refractivity contribution is 7.85. The number of hydrogen-bond donors (Lipinski definition) is 1. The molecular formula is C15H22ClNOS. The lowest BCUT2D eigenvalue weighted by Crippen LogP contribution is -2.41. The summed E-state index contributed by atoms with van der Waals surface area (Å²) in [6, 6.07) is 7.82. The van der Waals surface area contributed by atoms with Gasteiger partial charge in [-0.05, 0) is 43.7 Å². The third kappa shape index (κ3) is 4.04. The van der Waals surface area contributed by atoms with Gasteiger partial charge in [-0.2, -0.15) is 0 Å². The fourth-order valence-corrected chi connectivity index (χ4v) is 4.56. The highest BCUT2D eigenvalue weighted by Crippen LogP contribution is 2.26. The van der Waals surface area contributed by atoms with Crippen molar-refractivity contribution in [2.75, 3.05) is 6.54 Å². The minimum absolute atomic E-state index is 0.226. The SMILES string of the molecule is CCNC1CCCCCC1S(=O)c1ccc(Cl)cc1. The zero-order valence-corrected chi connectivity index (χ0v) is 13.0. The van der Waals surface area contributed by atoms with Crippen molar-refractivity contribution in [2.24, 2.45) is 0 Å². The van der Waals surface area contributed by atoms with Crippen LogP contribution in [0.15, 0.2) is 29.2 Å². The van der Waals surface area contributed by atoms with E-state index in [0.29, 0.717) is 11.1 Å². The molecule has 0 heterocycles. The zero-order valence-electron chi connectivity index (χ0n) is 11.4. The van der Waals surface area contributed by atoms with Crippen LogP contribution in [0.25, 0.3) is 0 Å². The minimum atomic E-state index is -0.942. The van der Waals surface area contributed by atoms with Crippen LogP contribution in [-0.4, -0.2) is 22.0 Å². The molecule has 0 saturated heterocycles. The summed E-state index contributed by atoms with van der Waals surface area (Å²) >= 11 is 5.90. The minimum Gasteiger partial charge on any atom is -0.313 e. The molecule has 19 heavy (non-hydrogen) atoms. The number of hydrogen-bond acceptors (Lipinski definition) is 2. The third-order valence-electron chi connectivity index (χ3n) is 3.74. The van der Waals surface area contributed by atoms with Crippen molar-refractivity contribution in [3.63, 3.8) is 0 Å². The summed E-state index contributed by atoms with van der Waals surface area (Å²) in [5, 5.41) is 4.44. The molecule has 0 aliphatic heterocycles. The summed E-state index contributed by atoms with van der Waals surface area (Å²) in [6.07, 6.45) is 5.87. The van der Waals surface area contributed by atoms with E-state index in [2.05, 4.69) is 12.2 Å². The normalized spacial score (nSPS) is 25.8. The fraction of sp³-hybridized carbons (Fsp3) is 0.600. The number of rotatable bonds is 4. The second-order valence-corrected chi connectivity index (χ2v) is 7.20. The van der Waals surface area contributed by atoms with Crippen molar-refractivity contribution in [3.8, 4) is 0 Å². The third-order valence-corrected chi connectivity index (χ3v) is 5.84. The van der Waals surface area contributed by atoms with Crippen LogP contribution in [0.5, 0.6) is 0 Å². The molecule has 1 aromatic carbocycles. The zero-order chi connectivity index (χ0) is 13.7. The number of benzene rings is 1. The Morgan fingerprint density at radius 1 is 1.21 bits per heavy atom. The number of halogens is 1. The quantitative estimate of drug-likeness (QED) is 0.858. The lowest BCUT2D eigenvalue weighted by molar-refractivity contribution is 0.474. The van der Waals surface area contributed by atoms with Gasteiger partial charge in [-0.15, -0.1) is 0 Å². The summed E-state index contributed by atoms with van der Waals surface area (Å²) in [4.78, 5) is 0.902. The van der Waals surface area contributed by atoms with Gasteiger partial charge in [0.05, 0.1) is 16.0 Å². The van der Waals surface area contributed by atoms with Crippen LogP contribution in [0.2, 0.25) is 5.02 Å². The van der Waals surface area contributed by atoms with Crippen LogP contribution < -0.4 is 5.32 Å². The van der Waals surface area contributed by atoms with Crippen LogP contribution in [-0.2, 0) is 10.8 Å². The van der Waals surface area contributed by atoms with Crippen molar-refractivity contribution < 1.29 is 4.21 Å². The molecule has 0 bridgehead atoms. The van der Waals surface area contributed by atoms with E-state index in [-0.39, 0.29) is 5.25 Å². The standard InChI is InChI=1S/C15H22ClNOS/c1-2-17-14-6-4-3-5-7-15(14)19(18)13-10-8-12(16)9-11-13/h8-11,14-15,17H,2-7H2,1H3. The molecule has 2 nitrogen and oxygen atoms in total. The molecule has 3 unspecified atom stereocenters. The number of nitrogens with one attached hydrogen (secondary N) is 1. The summed E-state index contributed by atoms with van der Waals surface area (Å²) in [7, 11) is -0.942. The Morgan fingerprint density at radius 3 is 2.58 bits per heavy atom. The van der Waals surface area contributed by atoms with Gasteiger partial charge in [0.25, 0.3) is 0 Å². The van der Waals surface area contributed by atoms with Gasteiger partial charge in [0.1, 0.15) is 0 Å². The monoisotopic (exact) mass is 299 g/mol. The van der Waals surface area contributed by atoms with Gasteiger partial charge in [-0.25, -0.2) is 0 Å². The maximum atomic E-state index is 12.8. The van der Waals surface area contributed by atoms with Crippen LogP contribution in [0.4, 0.5) is 0 Å². The van der Waals surface area contributed by atoms with Gasteiger partial charge in [0, 0.05) is 16.0 Å². The Hall–Kier alpha value is -0.380. The predicted octanol–water partition coefficient (Wildman–Crippen LogP) is 3.76. The summed E-state index contributed by atoms with van der Waals surface area (Å²) in [5.41, 5.74) is 0. The van der Waals surface area contributed by atoms with Crippen molar-refractivity contribution in [1.29, 1.82) is 0 Å². The van der Waals surface area contributed by atoms with E-state index in [1.807, 2.05) is 24.3 Å². The van der Waals surface area contributed by atoms with Crippen LogP contribution >= 0.6 is 11.6 Å². The molecule has 1 aliphatic rings. The van der Waals surface area contributed by atoms with E-state index >= 15 is 0 Å². The molecule has 1 N–H and O–H groups in total. The van der Waals surface area contributed by atoms with E-state index in [0.717, 1.165) is 24.3 Å². The highest BCUT2D eigenvalue weighted by Gasteiger charge is 2.28. The maximum absolute atomic E-state index is 12.8. The molecule has 1 fully saturated rings. The highest BCUT2D eigenvalue weighted by atomic mass is 35.5.